The molecule has 0 aliphatic carbocycles. The van der Waals surface area contributed by atoms with Crippen LogP contribution in [0.3, 0.4) is 0 Å². The zero-order valence-electron chi connectivity index (χ0n) is 14.0. The van der Waals surface area contributed by atoms with E-state index in [9.17, 15) is 10.4 Å². The van der Waals surface area contributed by atoms with Gasteiger partial charge in [-0.3, -0.25) is 0 Å². The molecule has 2 heterocycles. The van der Waals surface area contributed by atoms with Crippen LogP contribution in [-0.2, 0) is 0 Å². The van der Waals surface area contributed by atoms with E-state index >= 15 is 0 Å². The Hall–Kier alpha value is -3.63. The number of nitrogens with two attached hydrogens (primary N) is 1. The maximum atomic E-state index is 10.9. The Kier molecular flexibility index (Phi) is 4.32. The number of phenols is 1. The summed E-state index contributed by atoms with van der Waals surface area (Å²) < 4.78 is 5.57. The molecule has 0 radical (unpaired) electrons. The second-order valence-electron chi connectivity index (χ2n) is 5.82. The predicted octanol–water partition coefficient (Wildman–Crippen LogP) is 5.09. The van der Waals surface area contributed by atoms with E-state index in [1.165, 1.54) is 11.3 Å². The predicted molar refractivity (Wildman–Crippen MR) is 102 cm³/mol. The Balaban J connectivity index is 1.83. The number of phenolic OH excluding ortho intramolecular Hbond substituents is 1. The first kappa shape index (κ1) is 16.8. The lowest BCUT2D eigenvalue weighted by Gasteiger charge is -2.26. The molecule has 1 unspecified atom stereocenters. The third-order valence-corrected chi connectivity index (χ3v) is 5.13. The molecule has 27 heavy (non-hydrogen) atoms. The lowest BCUT2D eigenvalue weighted by Crippen LogP contribution is -2.20. The molecule has 0 bridgehead atoms. The Morgan fingerprint density at radius 2 is 1.89 bits per heavy atom. The number of ether oxygens (including phenoxy) is 1. The van der Waals surface area contributed by atoms with Crippen molar-refractivity contribution in [1.82, 2.24) is 0 Å². The molecule has 4 rings (SSSR count). The fraction of sp³-hybridized carbons (Fsp3) is 0.0500. The van der Waals surface area contributed by atoms with Crippen molar-refractivity contribution in [3.05, 3.63) is 81.9 Å². The average molecular weight is 374 g/mol. The van der Waals surface area contributed by atoms with Crippen LogP contribution < -0.4 is 10.5 Å². The number of thiophene rings is 1. The lowest BCUT2D eigenvalue weighted by atomic mass is 9.87. The first-order valence-electron chi connectivity index (χ1n) is 8.12. The van der Waals surface area contributed by atoms with Crippen LogP contribution in [0.25, 0.3) is 0 Å². The first-order chi connectivity index (χ1) is 13.2. The second-order valence-corrected chi connectivity index (χ2v) is 6.80. The van der Waals surface area contributed by atoms with Gasteiger partial charge in [0.2, 0.25) is 5.88 Å². The molecule has 6 nitrogen and oxygen atoms in total. The lowest BCUT2D eigenvalue weighted by molar-refractivity contribution is 0.383. The number of hydrogen-bond acceptors (Lipinski definition) is 7. The number of allylic oxidation sites excluding steroid dienone is 1. The molecule has 2 aromatic carbocycles. The number of fused-ring (bicyclic) bond motifs is 1. The number of azo groups is 1. The zero-order chi connectivity index (χ0) is 18.8. The van der Waals surface area contributed by atoms with Crippen molar-refractivity contribution in [3.63, 3.8) is 0 Å². The SMILES string of the molecule is N#CC1=C(N)Oc2ccc(N=Nc3ccccc3)c(O)c2C1c1cccs1. The van der Waals surface area contributed by atoms with Gasteiger partial charge in [-0.2, -0.15) is 10.4 Å². The molecule has 0 saturated heterocycles. The largest absolute Gasteiger partial charge is 0.505 e. The van der Waals surface area contributed by atoms with Crippen LogP contribution in [-0.4, -0.2) is 5.11 Å². The van der Waals surface area contributed by atoms with Gasteiger partial charge >= 0.3 is 0 Å². The van der Waals surface area contributed by atoms with Gasteiger partial charge in [0.25, 0.3) is 0 Å². The van der Waals surface area contributed by atoms with Crippen molar-refractivity contribution in [1.29, 1.82) is 5.26 Å². The summed E-state index contributed by atoms with van der Waals surface area (Å²) in [6.45, 7) is 0. The van der Waals surface area contributed by atoms with E-state index in [0.717, 1.165) is 4.88 Å². The maximum Gasteiger partial charge on any atom is 0.205 e. The highest BCUT2D eigenvalue weighted by Gasteiger charge is 2.34. The highest BCUT2D eigenvalue weighted by Crippen LogP contribution is 2.50. The molecule has 132 valence electrons. The Morgan fingerprint density at radius 3 is 2.59 bits per heavy atom. The highest BCUT2D eigenvalue weighted by atomic mass is 32.1. The average Bonchev–Trinajstić information content (AvgIpc) is 3.22. The molecule has 1 aliphatic rings. The molecule has 7 heteroatoms. The summed E-state index contributed by atoms with van der Waals surface area (Å²) in [5.74, 6) is -0.140. The molecule has 3 N–H and O–H groups in total. The molecule has 1 aromatic heterocycles. The summed E-state index contributed by atoms with van der Waals surface area (Å²) in [5.41, 5.74) is 7.63. The summed E-state index contributed by atoms with van der Waals surface area (Å²) in [7, 11) is 0. The normalized spacial score (nSPS) is 16.0. The fourth-order valence-corrected chi connectivity index (χ4v) is 3.80. The Bertz CT molecular complexity index is 1080. The van der Waals surface area contributed by atoms with E-state index in [2.05, 4.69) is 16.3 Å². The number of nitrogens with zero attached hydrogens (tertiary/aromatic N) is 3. The number of aromatic hydroxyl groups is 1. The smallest absolute Gasteiger partial charge is 0.205 e. The summed E-state index contributed by atoms with van der Waals surface area (Å²) in [6, 6.07) is 18.4. The van der Waals surface area contributed by atoms with Crippen molar-refractivity contribution < 1.29 is 9.84 Å². The van der Waals surface area contributed by atoms with E-state index in [0.29, 0.717) is 22.7 Å². The molecular weight excluding hydrogens is 360 g/mol. The van der Waals surface area contributed by atoms with Crippen molar-refractivity contribution in [2.45, 2.75) is 5.92 Å². The zero-order valence-corrected chi connectivity index (χ0v) is 14.9. The number of rotatable bonds is 3. The molecule has 0 saturated carbocycles. The van der Waals surface area contributed by atoms with Gasteiger partial charge in [0.05, 0.1) is 17.2 Å². The number of benzene rings is 2. The van der Waals surface area contributed by atoms with Crippen LogP contribution in [0, 0.1) is 11.3 Å². The molecular formula is C20H14N4O2S. The van der Waals surface area contributed by atoms with E-state index in [1.54, 1.807) is 12.1 Å². The minimum Gasteiger partial charge on any atom is -0.505 e. The maximum absolute atomic E-state index is 10.9. The monoisotopic (exact) mass is 374 g/mol. The topological polar surface area (TPSA) is 104 Å². The first-order valence-corrected chi connectivity index (χ1v) is 9.00. The van der Waals surface area contributed by atoms with Crippen molar-refractivity contribution >= 4 is 22.7 Å². The van der Waals surface area contributed by atoms with Crippen LogP contribution >= 0.6 is 11.3 Å². The van der Waals surface area contributed by atoms with Crippen LogP contribution in [0.5, 0.6) is 11.5 Å². The Morgan fingerprint density at radius 1 is 1.07 bits per heavy atom. The number of hydrogen-bond donors (Lipinski definition) is 2. The van der Waals surface area contributed by atoms with E-state index in [-0.39, 0.29) is 17.2 Å². The molecule has 0 fully saturated rings. The van der Waals surface area contributed by atoms with Gasteiger partial charge in [-0.05, 0) is 35.7 Å². The summed E-state index contributed by atoms with van der Waals surface area (Å²) in [5, 5.41) is 30.7. The third kappa shape index (κ3) is 3.03. The summed E-state index contributed by atoms with van der Waals surface area (Å²) in [6.07, 6.45) is 0. The van der Waals surface area contributed by atoms with Gasteiger partial charge in [-0.25, -0.2) is 0 Å². The van der Waals surface area contributed by atoms with Gasteiger partial charge < -0.3 is 15.6 Å². The minimum atomic E-state index is -0.509. The van der Waals surface area contributed by atoms with Crippen LogP contribution in [0.2, 0.25) is 0 Å². The minimum absolute atomic E-state index is 0.0430. The van der Waals surface area contributed by atoms with Crippen molar-refractivity contribution in [2.75, 3.05) is 0 Å². The van der Waals surface area contributed by atoms with E-state index in [1.807, 2.05) is 47.8 Å². The Labute approximate surface area is 159 Å². The van der Waals surface area contributed by atoms with Crippen molar-refractivity contribution in [2.24, 2.45) is 16.0 Å². The van der Waals surface area contributed by atoms with Crippen LogP contribution in [0.1, 0.15) is 16.4 Å². The highest BCUT2D eigenvalue weighted by molar-refractivity contribution is 7.10. The van der Waals surface area contributed by atoms with Gasteiger partial charge in [0.1, 0.15) is 23.1 Å². The number of nitriles is 1. The second kappa shape index (κ2) is 6.94. The van der Waals surface area contributed by atoms with Crippen molar-refractivity contribution in [3.8, 4) is 17.6 Å². The van der Waals surface area contributed by atoms with Crippen LogP contribution in [0.4, 0.5) is 11.4 Å². The van der Waals surface area contributed by atoms with Gasteiger partial charge in [-0.1, -0.05) is 24.3 Å². The third-order valence-electron chi connectivity index (χ3n) is 4.20. The standard InChI is InChI=1S/C20H14N4O2S/c21-11-13-17(16-7-4-10-27-16)18-15(26-20(13)22)9-8-14(19(18)25)24-23-12-5-2-1-3-6-12/h1-10,17,25H,22H2. The summed E-state index contributed by atoms with van der Waals surface area (Å²) >= 11 is 1.48. The molecule has 1 aliphatic heterocycles. The van der Waals surface area contributed by atoms with Gasteiger partial charge in [-0.15, -0.1) is 16.5 Å². The molecule has 1 atom stereocenters. The van der Waals surface area contributed by atoms with Crippen LogP contribution in [0.15, 0.2) is 81.7 Å². The molecule has 0 amide bonds. The quantitative estimate of drug-likeness (QED) is 0.623. The van der Waals surface area contributed by atoms with Gasteiger partial charge in [0, 0.05) is 4.88 Å². The summed E-state index contributed by atoms with van der Waals surface area (Å²) in [4.78, 5) is 0.881. The van der Waals surface area contributed by atoms with E-state index < -0.39 is 5.92 Å². The van der Waals surface area contributed by atoms with Gasteiger partial charge in [0.15, 0.2) is 5.75 Å². The molecule has 3 aromatic rings. The molecule has 0 spiro atoms. The van der Waals surface area contributed by atoms with E-state index in [4.69, 9.17) is 10.5 Å². The fourth-order valence-electron chi connectivity index (χ4n) is 2.95.